The van der Waals surface area contributed by atoms with E-state index in [0.29, 0.717) is 11.3 Å². The van der Waals surface area contributed by atoms with Crippen molar-refractivity contribution < 1.29 is 18.8 Å². The molecule has 0 unspecified atom stereocenters. The summed E-state index contributed by atoms with van der Waals surface area (Å²) < 4.78 is 19.6. The number of hydroxylamine groups is 2. The van der Waals surface area contributed by atoms with E-state index >= 15 is 0 Å². The van der Waals surface area contributed by atoms with E-state index < -0.39 is 11.6 Å². The minimum atomic E-state index is -1.57. The van der Waals surface area contributed by atoms with Gasteiger partial charge in [-0.2, -0.15) is 0 Å². The van der Waals surface area contributed by atoms with Crippen LogP contribution in [-0.4, -0.2) is 32.2 Å². The van der Waals surface area contributed by atoms with Crippen molar-refractivity contribution in [3.05, 3.63) is 29.8 Å². The molecule has 1 aliphatic rings. The summed E-state index contributed by atoms with van der Waals surface area (Å²) in [5.74, 6) is -0.327. The molecule has 2 rings (SSSR count). The summed E-state index contributed by atoms with van der Waals surface area (Å²) >= 11 is 0. The molecule has 2 atom stereocenters. The molecule has 1 aliphatic carbocycles. The molecule has 1 aromatic carbocycles. The fourth-order valence-electron chi connectivity index (χ4n) is 2.02. The monoisotopic (exact) mass is 253 g/mol. The Hall–Kier alpha value is -1.62. The smallest absolute Gasteiger partial charge is 0.252 e. The van der Waals surface area contributed by atoms with Crippen LogP contribution in [0.25, 0.3) is 0 Å². The fraction of sp³-hybridized carbons (Fsp3) is 0.462. The number of carbonyl (C=O) groups is 1. The number of amides is 1. The van der Waals surface area contributed by atoms with E-state index in [0.717, 1.165) is 5.06 Å². The van der Waals surface area contributed by atoms with Crippen molar-refractivity contribution in [2.45, 2.75) is 12.1 Å². The van der Waals surface area contributed by atoms with Gasteiger partial charge in [0, 0.05) is 13.5 Å². The topological polar surface area (TPSA) is 38.8 Å². The zero-order valence-electron chi connectivity index (χ0n) is 10.6. The van der Waals surface area contributed by atoms with Gasteiger partial charge in [-0.25, -0.2) is 9.45 Å². The molecule has 0 heterocycles. The highest BCUT2D eigenvalue weighted by Crippen LogP contribution is 2.56. The Balaban J connectivity index is 2.12. The van der Waals surface area contributed by atoms with E-state index in [1.807, 2.05) is 0 Å². The predicted molar refractivity (Wildman–Crippen MR) is 63.7 cm³/mol. The molecule has 98 valence electrons. The first kappa shape index (κ1) is 12.8. The lowest BCUT2D eigenvalue weighted by atomic mass is 10.1. The number of hydrogen-bond donors (Lipinski definition) is 0. The lowest BCUT2D eigenvalue weighted by molar-refractivity contribution is -0.171. The van der Waals surface area contributed by atoms with E-state index in [9.17, 15) is 9.18 Å². The summed E-state index contributed by atoms with van der Waals surface area (Å²) in [6.07, 6.45) is 0.200. The molecule has 0 aromatic heterocycles. The fourth-order valence-corrected chi connectivity index (χ4v) is 2.02. The molecule has 1 saturated carbocycles. The number of benzene rings is 1. The van der Waals surface area contributed by atoms with Crippen LogP contribution in [0.5, 0.6) is 5.75 Å². The number of methoxy groups -OCH3 is 1. The van der Waals surface area contributed by atoms with E-state index in [-0.39, 0.29) is 12.3 Å². The SMILES string of the molecule is COc1ccc([C@]2(F)C[C@H]2C(=O)N(C)OC)cc1. The third kappa shape index (κ3) is 2.06. The lowest BCUT2D eigenvalue weighted by Crippen LogP contribution is -2.29. The van der Waals surface area contributed by atoms with E-state index in [4.69, 9.17) is 9.57 Å². The summed E-state index contributed by atoms with van der Waals surface area (Å²) in [4.78, 5) is 16.6. The molecule has 0 saturated heterocycles. The van der Waals surface area contributed by atoms with E-state index in [1.165, 1.54) is 14.2 Å². The summed E-state index contributed by atoms with van der Waals surface area (Å²) in [6, 6.07) is 6.69. The first-order valence-corrected chi connectivity index (χ1v) is 5.68. The second kappa shape index (κ2) is 4.57. The maximum Gasteiger partial charge on any atom is 0.252 e. The average Bonchev–Trinajstić information content (AvgIpc) is 3.10. The van der Waals surface area contributed by atoms with Crippen molar-refractivity contribution in [2.75, 3.05) is 21.3 Å². The third-order valence-corrected chi connectivity index (χ3v) is 3.35. The second-order valence-corrected chi connectivity index (χ2v) is 4.37. The summed E-state index contributed by atoms with van der Waals surface area (Å²) in [6.45, 7) is 0. The Morgan fingerprint density at radius 1 is 1.39 bits per heavy atom. The van der Waals surface area contributed by atoms with Gasteiger partial charge in [0.05, 0.1) is 20.1 Å². The van der Waals surface area contributed by atoms with Gasteiger partial charge >= 0.3 is 0 Å². The van der Waals surface area contributed by atoms with Gasteiger partial charge in [0.1, 0.15) is 11.4 Å². The number of alkyl halides is 1. The van der Waals surface area contributed by atoms with E-state index in [2.05, 4.69) is 0 Å². The van der Waals surface area contributed by atoms with Gasteiger partial charge < -0.3 is 4.74 Å². The molecule has 1 amide bonds. The highest BCUT2D eigenvalue weighted by Gasteiger charge is 2.61. The van der Waals surface area contributed by atoms with Crippen LogP contribution in [0.3, 0.4) is 0 Å². The lowest BCUT2D eigenvalue weighted by Gasteiger charge is -2.15. The molecule has 0 bridgehead atoms. The van der Waals surface area contributed by atoms with Gasteiger partial charge in [0.15, 0.2) is 0 Å². The van der Waals surface area contributed by atoms with Gasteiger partial charge in [-0.05, 0) is 17.7 Å². The van der Waals surface area contributed by atoms with Crippen molar-refractivity contribution >= 4 is 5.91 Å². The van der Waals surface area contributed by atoms with Crippen LogP contribution in [0.15, 0.2) is 24.3 Å². The number of hydrogen-bond acceptors (Lipinski definition) is 3. The molecule has 0 N–H and O–H groups in total. The number of rotatable bonds is 4. The zero-order chi connectivity index (χ0) is 13.3. The third-order valence-electron chi connectivity index (χ3n) is 3.35. The second-order valence-electron chi connectivity index (χ2n) is 4.37. The van der Waals surface area contributed by atoms with Crippen molar-refractivity contribution in [1.29, 1.82) is 0 Å². The molecule has 1 aromatic rings. The molecule has 0 spiro atoms. The molecule has 4 nitrogen and oxygen atoms in total. The zero-order valence-corrected chi connectivity index (χ0v) is 10.6. The number of nitrogens with zero attached hydrogens (tertiary/aromatic N) is 1. The Labute approximate surface area is 105 Å². The number of carbonyl (C=O) groups excluding carboxylic acids is 1. The summed E-state index contributed by atoms with van der Waals surface area (Å²) in [5.41, 5.74) is -1.07. The molecule has 18 heavy (non-hydrogen) atoms. The van der Waals surface area contributed by atoms with Gasteiger partial charge in [-0.3, -0.25) is 9.63 Å². The summed E-state index contributed by atoms with van der Waals surface area (Å²) in [7, 11) is 4.42. The molecule has 0 radical (unpaired) electrons. The number of ether oxygens (including phenoxy) is 1. The maximum absolute atomic E-state index is 14.5. The molecule has 5 heteroatoms. The van der Waals surface area contributed by atoms with Crippen LogP contribution in [0, 0.1) is 5.92 Å². The maximum atomic E-state index is 14.5. The van der Waals surface area contributed by atoms with Crippen molar-refractivity contribution in [3.63, 3.8) is 0 Å². The minimum Gasteiger partial charge on any atom is -0.497 e. The normalized spacial score (nSPS) is 25.7. The largest absolute Gasteiger partial charge is 0.497 e. The van der Waals surface area contributed by atoms with Crippen LogP contribution < -0.4 is 4.74 Å². The Bertz CT molecular complexity index is 448. The standard InChI is InChI=1S/C13H16FNO3/c1-15(18-3)12(16)11-8-13(11,14)9-4-6-10(17-2)7-5-9/h4-7,11H,8H2,1-3H3/t11-,13+/m0/s1. The van der Waals surface area contributed by atoms with Crippen LogP contribution in [0.1, 0.15) is 12.0 Å². The Morgan fingerprint density at radius 3 is 2.50 bits per heavy atom. The summed E-state index contributed by atoms with van der Waals surface area (Å²) in [5, 5.41) is 1.06. The van der Waals surface area contributed by atoms with Crippen LogP contribution in [0.4, 0.5) is 4.39 Å². The first-order chi connectivity index (χ1) is 8.52. The average molecular weight is 253 g/mol. The van der Waals surface area contributed by atoms with Crippen molar-refractivity contribution in [1.82, 2.24) is 5.06 Å². The van der Waals surface area contributed by atoms with Gasteiger partial charge in [-0.1, -0.05) is 12.1 Å². The van der Waals surface area contributed by atoms with Crippen LogP contribution >= 0.6 is 0 Å². The number of halogens is 1. The highest BCUT2D eigenvalue weighted by atomic mass is 19.1. The van der Waals surface area contributed by atoms with Gasteiger partial charge in [0.2, 0.25) is 0 Å². The Kier molecular flexibility index (Phi) is 3.26. The molecule has 1 fully saturated rings. The van der Waals surface area contributed by atoms with Gasteiger partial charge in [-0.15, -0.1) is 0 Å². The predicted octanol–water partition coefficient (Wildman–Crippen LogP) is 1.90. The van der Waals surface area contributed by atoms with E-state index in [1.54, 1.807) is 31.4 Å². The molecule has 0 aliphatic heterocycles. The van der Waals surface area contributed by atoms with Crippen LogP contribution in [-0.2, 0) is 15.3 Å². The van der Waals surface area contributed by atoms with Crippen molar-refractivity contribution in [2.24, 2.45) is 5.92 Å². The minimum absolute atomic E-state index is 0.200. The first-order valence-electron chi connectivity index (χ1n) is 5.68. The molecular formula is C13H16FNO3. The highest BCUT2D eigenvalue weighted by molar-refractivity contribution is 5.82. The molecular weight excluding hydrogens is 237 g/mol. The van der Waals surface area contributed by atoms with Crippen LogP contribution in [0.2, 0.25) is 0 Å². The Morgan fingerprint density at radius 2 is 2.00 bits per heavy atom. The van der Waals surface area contributed by atoms with Gasteiger partial charge in [0.25, 0.3) is 5.91 Å². The quantitative estimate of drug-likeness (QED) is 0.769. The van der Waals surface area contributed by atoms with Crippen molar-refractivity contribution in [3.8, 4) is 5.75 Å².